The average molecular weight is 471 g/mol. The number of hydrogen-bond acceptors (Lipinski definition) is 9. The summed E-state index contributed by atoms with van der Waals surface area (Å²) in [6.07, 6.45) is 3.99. The number of amides is 1. The molecular formula is C22H26N6O4S. The van der Waals surface area contributed by atoms with Crippen LogP contribution in [0.4, 0.5) is 4.79 Å². The summed E-state index contributed by atoms with van der Waals surface area (Å²) in [5, 5.41) is 14.1. The lowest BCUT2D eigenvalue weighted by molar-refractivity contribution is 0.0270. The maximum Gasteiger partial charge on any atom is 0.410 e. The highest BCUT2D eigenvalue weighted by Crippen LogP contribution is 2.31. The van der Waals surface area contributed by atoms with E-state index in [1.165, 1.54) is 6.33 Å². The van der Waals surface area contributed by atoms with E-state index in [0.717, 1.165) is 28.4 Å². The summed E-state index contributed by atoms with van der Waals surface area (Å²) < 4.78 is 18.4. The van der Waals surface area contributed by atoms with Crippen LogP contribution in [0.5, 0.6) is 11.5 Å². The number of thiazole rings is 1. The number of benzene rings is 1. The highest BCUT2D eigenvalue weighted by molar-refractivity contribution is 7.10. The first-order valence-electron chi connectivity index (χ1n) is 10.5. The molecule has 0 radical (unpaired) electrons. The van der Waals surface area contributed by atoms with Gasteiger partial charge in [0, 0.05) is 24.5 Å². The van der Waals surface area contributed by atoms with E-state index in [1.807, 2.05) is 50.4 Å². The number of methoxy groups -OCH3 is 1. The zero-order chi connectivity index (χ0) is 23.4. The van der Waals surface area contributed by atoms with Crippen molar-refractivity contribution in [2.45, 2.75) is 39.4 Å². The van der Waals surface area contributed by atoms with Crippen LogP contribution in [0.3, 0.4) is 0 Å². The van der Waals surface area contributed by atoms with Gasteiger partial charge in [0.15, 0.2) is 11.5 Å². The maximum atomic E-state index is 12.3. The van der Waals surface area contributed by atoms with E-state index in [-0.39, 0.29) is 6.09 Å². The molecule has 1 aliphatic heterocycles. The van der Waals surface area contributed by atoms with E-state index in [0.29, 0.717) is 31.2 Å². The smallest absolute Gasteiger partial charge is 0.410 e. The van der Waals surface area contributed by atoms with Gasteiger partial charge >= 0.3 is 6.09 Å². The van der Waals surface area contributed by atoms with Crippen LogP contribution in [0.2, 0.25) is 0 Å². The van der Waals surface area contributed by atoms with Crippen LogP contribution < -0.4 is 9.47 Å². The van der Waals surface area contributed by atoms with E-state index in [9.17, 15) is 4.79 Å². The second kappa shape index (κ2) is 9.57. The molecule has 0 saturated heterocycles. The number of hydrogen-bond donors (Lipinski definition) is 0. The Morgan fingerprint density at radius 2 is 2.09 bits per heavy atom. The summed E-state index contributed by atoms with van der Waals surface area (Å²) in [4.78, 5) is 18.7. The third-order valence-electron chi connectivity index (χ3n) is 4.82. The van der Waals surface area contributed by atoms with Crippen LogP contribution in [0.1, 0.15) is 37.9 Å². The van der Waals surface area contributed by atoms with Gasteiger partial charge in [-0.25, -0.2) is 14.5 Å². The molecule has 0 aliphatic carbocycles. The third-order valence-corrected chi connectivity index (χ3v) is 5.79. The van der Waals surface area contributed by atoms with Gasteiger partial charge in [0.2, 0.25) is 0 Å². The molecule has 4 rings (SSSR count). The Bertz CT molecular complexity index is 1140. The molecular weight excluding hydrogens is 444 g/mol. The Balaban J connectivity index is 1.39. The van der Waals surface area contributed by atoms with Gasteiger partial charge in [0.1, 0.15) is 23.5 Å². The summed E-state index contributed by atoms with van der Waals surface area (Å²) in [6.45, 7) is 7.01. The molecule has 10 nitrogen and oxygen atoms in total. The highest BCUT2D eigenvalue weighted by Gasteiger charge is 2.24. The average Bonchev–Trinajstić information content (AvgIpc) is 3.49. The fourth-order valence-electron chi connectivity index (χ4n) is 3.23. The molecule has 174 valence electrons. The summed E-state index contributed by atoms with van der Waals surface area (Å²) in [5.74, 6) is 1.18. The van der Waals surface area contributed by atoms with E-state index < -0.39 is 5.60 Å². The number of carbonyl (C=O) groups excluding carboxylic acids is 1. The zero-order valence-corrected chi connectivity index (χ0v) is 19.8. The van der Waals surface area contributed by atoms with Gasteiger partial charge in [0.25, 0.3) is 0 Å². The third kappa shape index (κ3) is 5.67. The minimum atomic E-state index is -0.500. The quantitative estimate of drug-likeness (QED) is 0.537. The Morgan fingerprint density at radius 1 is 1.24 bits per heavy atom. The Morgan fingerprint density at radius 3 is 2.76 bits per heavy atom. The summed E-state index contributed by atoms with van der Waals surface area (Å²) in [6, 6.07) is 5.47. The lowest BCUT2D eigenvalue weighted by Gasteiger charge is -2.29. The molecule has 2 aromatic heterocycles. The van der Waals surface area contributed by atoms with E-state index in [1.54, 1.807) is 28.0 Å². The summed E-state index contributed by atoms with van der Waals surface area (Å²) >= 11 is 1.57. The molecule has 1 aliphatic rings. The summed E-state index contributed by atoms with van der Waals surface area (Å²) in [5.41, 5.74) is 2.21. The van der Waals surface area contributed by atoms with E-state index >= 15 is 0 Å². The number of tetrazole rings is 1. The van der Waals surface area contributed by atoms with Crippen molar-refractivity contribution in [2.75, 3.05) is 20.2 Å². The lowest BCUT2D eigenvalue weighted by Crippen LogP contribution is -2.39. The van der Waals surface area contributed by atoms with E-state index in [2.05, 4.69) is 15.5 Å². The number of nitrogens with zero attached hydrogens (tertiary/aromatic N) is 6. The molecule has 33 heavy (non-hydrogen) atoms. The first kappa shape index (κ1) is 22.7. The van der Waals surface area contributed by atoms with Gasteiger partial charge in [0.05, 0.1) is 18.5 Å². The molecule has 11 heteroatoms. The van der Waals surface area contributed by atoms with Crippen molar-refractivity contribution in [1.29, 1.82) is 0 Å². The highest BCUT2D eigenvalue weighted by atomic mass is 32.1. The molecule has 3 heterocycles. The van der Waals surface area contributed by atoms with Gasteiger partial charge in [-0.05, 0) is 55.3 Å². The molecule has 1 amide bonds. The molecule has 0 spiro atoms. The number of ether oxygens (including phenoxy) is 3. The molecule has 1 aromatic carbocycles. The molecule has 3 aromatic rings. The minimum absolute atomic E-state index is 0.288. The number of aromatic nitrogens is 5. The Hall–Kier alpha value is -3.47. The van der Waals surface area contributed by atoms with Gasteiger partial charge in [-0.2, -0.15) is 0 Å². The second-order valence-corrected chi connectivity index (χ2v) is 9.29. The standard InChI is InChI=1S/C22H26N6O4S/c1-22(2,3)32-21(29)27-9-7-15(8-10-27)20-24-16(13-33-20)12-31-19-11-17(5-6-18(19)30-4)28-14-23-25-26-28/h5-7,11,13-14H,8-10,12H2,1-4H3. The minimum Gasteiger partial charge on any atom is -0.493 e. The van der Waals surface area contributed by atoms with Crippen molar-refractivity contribution < 1.29 is 19.0 Å². The lowest BCUT2D eigenvalue weighted by atomic mass is 10.1. The molecule has 0 bridgehead atoms. The van der Waals surface area contributed by atoms with Crippen LogP contribution >= 0.6 is 11.3 Å². The van der Waals surface area contributed by atoms with Crippen molar-refractivity contribution in [3.05, 3.63) is 46.7 Å². The van der Waals surface area contributed by atoms with Crippen LogP contribution in [-0.2, 0) is 11.3 Å². The Kier molecular flexibility index (Phi) is 6.59. The first-order valence-corrected chi connectivity index (χ1v) is 11.4. The molecule has 0 fully saturated rings. The largest absolute Gasteiger partial charge is 0.493 e. The molecule has 0 atom stereocenters. The van der Waals surface area contributed by atoms with Crippen molar-refractivity contribution in [3.63, 3.8) is 0 Å². The monoisotopic (exact) mass is 470 g/mol. The van der Waals surface area contributed by atoms with Gasteiger partial charge < -0.3 is 19.1 Å². The molecule has 0 N–H and O–H groups in total. The van der Waals surface area contributed by atoms with Crippen LogP contribution in [0.15, 0.2) is 36.0 Å². The molecule has 0 unspecified atom stereocenters. The maximum absolute atomic E-state index is 12.3. The predicted octanol–water partition coefficient (Wildman–Crippen LogP) is 3.73. The van der Waals surface area contributed by atoms with Crippen LogP contribution in [0.25, 0.3) is 11.3 Å². The number of carbonyl (C=O) groups is 1. The van der Waals surface area contributed by atoms with Crippen LogP contribution in [-0.4, -0.2) is 62.0 Å². The van der Waals surface area contributed by atoms with Crippen molar-refractivity contribution in [2.24, 2.45) is 0 Å². The Labute approximate surface area is 195 Å². The molecule has 0 saturated carbocycles. The predicted molar refractivity (Wildman–Crippen MR) is 123 cm³/mol. The fraction of sp³-hybridized carbons (Fsp3) is 0.409. The van der Waals surface area contributed by atoms with Crippen molar-refractivity contribution in [1.82, 2.24) is 30.1 Å². The SMILES string of the molecule is COc1ccc(-n2cnnn2)cc1OCc1csc(C2=CCN(C(=O)OC(C)(C)C)CC2)n1. The van der Waals surface area contributed by atoms with Crippen molar-refractivity contribution in [3.8, 4) is 17.2 Å². The zero-order valence-electron chi connectivity index (χ0n) is 19.0. The van der Waals surface area contributed by atoms with Crippen LogP contribution in [0, 0.1) is 0 Å². The van der Waals surface area contributed by atoms with Gasteiger partial charge in [-0.1, -0.05) is 6.08 Å². The van der Waals surface area contributed by atoms with Gasteiger partial charge in [-0.3, -0.25) is 0 Å². The fourth-order valence-corrected chi connectivity index (χ4v) is 4.10. The van der Waals surface area contributed by atoms with Crippen molar-refractivity contribution >= 4 is 23.0 Å². The van der Waals surface area contributed by atoms with Gasteiger partial charge in [-0.15, -0.1) is 16.4 Å². The first-order chi connectivity index (χ1) is 15.8. The second-order valence-electron chi connectivity index (χ2n) is 8.43. The summed E-state index contributed by atoms with van der Waals surface area (Å²) in [7, 11) is 1.59. The number of rotatable bonds is 6. The van der Waals surface area contributed by atoms with E-state index in [4.69, 9.17) is 19.2 Å². The normalized spacial score (nSPS) is 14.1. The topological polar surface area (TPSA) is 104 Å².